The van der Waals surface area contributed by atoms with Gasteiger partial charge in [0, 0.05) is 42.7 Å². The zero-order chi connectivity index (χ0) is 29.5. The molecule has 0 N–H and O–H groups in total. The van der Waals surface area contributed by atoms with Gasteiger partial charge in [0.2, 0.25) is 0 Å². The van der Waals surface area contributed by atoms with Crippen molar-refractivity contribution in [1.29, 1.82) is 0 Å². The van der Waals surface area contributed by atoms with E-state index in [-0.39, 0.29) is 0 Å². The third kappa shape index (κ3) is 3.62. The van der Waals surface area contributed by atoms with Crippen LogP contribution in [0.1, 0.15) is 0 Å². The molecular formula is C42H24N2S. The average molecular weight is 589 g/mol. The minimum absolute atomic E-state index is 0.935. The minimum Gasteiger partial charge on any atom is -0.254 e. The molecule has 0 bridgehead atoms. The number of nitrogens with zero attached hydrogens (tertiary/aromatic N) is 2. The van der Waals surface area contributed by atoms with Crippen molar-refractivity contribution in [2.75, 3.05) is 0 Å². The Hall–Kier alpha value is -5.64. The lowest BCUT2D eigenvalue weighted by Gasteiger charge is -2.18. The first-order valence-corrected chi connectivity index (χ1v) is 16.1. The van der Waals surface area contributed by atoms with Gasteiger partial charge in [0.1, 0.15) is 0 Å². The lowest BCUT2D eigenvalue weighted by Crippen LogP contribution is -1.93. The van der Waals surface area contributed by atoms with Gasteiger partial charge in [-0.25, -0.2) is 4.98 Å². The monoisotopic (exact) mass is 588 g/mol. The predicted octanol–water partition coefficient (Wildman–Crippen LogP) is 11.9. The topological polar surface area (TPSA) is 25.8 Å². The van der Waals surface area contributed by atoms with Crippen LogP contribution in [0.2, 0.25) is 0 Å². The second-order valence-electron chi connectivity index (χ2n) is 11.7. The van der Waals surface area contributed by atoms with E-state index in [0.29, 0.717) is 0 Å². The summed E-state index contributed by atoms with van der Waals surface area (Å²) in [6, 6.07) is 50.6. The molecular weight excluding hydrogens is 565 g/mol. The molecule has 0 amide bonds. The quantitative estimate of drug-likeness (QED) is 0.148. The number of hydrogen-bond donors (Lipinski definition) is 0. The van der Waals surface area contributed by atoms with Crippen molar-refractivity contribution in [3.63, 3.8) is 0 Å². The predicted molar refractivity (Wildman–Crippen MR) is 193 cm³/mol. The standard InChI is InChI=1S/C42H24N2S/c1-3-11-32-30(9-1)38(28-17-20-29-27(24-28)19-22-37-40(29)34-13-5-6-14-36(34)45-37)31-10-2-4-12-33(31)39(32)35-21-18-26-16-15-25-8-7-23-43-41(25)42(26)44-35/h1-24H. The highest BCUT2D eigenvalue weighted by Crippen LogP contribution is 2.45. The zero-order valence-corrected chi connectivity index (χ0v) is 25.0. The van der Waals surface area contributed by atoms with Crippen LogP contribution >= 0.6 is 11.3 Å². The molecule has 0 fully saturated rings. The smallest absolute Gasteiger partial charge is 0.0972 e. The van der Waals surface area contributed by atoms with Crippen molar-refractivity contribution >= 4 is 85.6 Å². The molecule has 208 valence electrons. The molecule has 0 spiro atoms. The molecule has 0 aliphatic heterocycles. The first-order chi connectivity index (χ1) is 22.3. The Morgan fingerprint density at radius 1 is 0.422 bits per heavy atom. The molecule has 3 heterocycles. The van der Waals surface area contributed by atoms with Crippen molar-refractivity contribution in [2.24, 2.45) is 0 Å². The van der Waals surface area contributed by atoms with Gasteiger partial charge in [-0.3, -0.25) is 4.98 Å². The summed E-state index contributed by atoms with van der Waals surface area (Å²) in [4.78, 5) is 10.0. The SMILES string of the molecule is c1cnc2c(c1)ccc1ccc(-c3c4ccccc4c(-c4ccc5c(ccc6sc7ccccc7c65)c4)c4ccccc34)nc12. The van der Waals surface area contributed by atoms with Crippen molar-refractivity contribution in [2.45, 2.75) is 0 Å². The number of rotatable bonds is 2. The van der Waals surface area contributed by atoms with Crippen LogP contribution in [0.4, 0.5) is 0 Å². The summed E-state index contributed by atoms with van der Waals surface area (Å²) >= 11 is 1.87. The summed E-state index contributed by atoms with van der Waals surface area (Å²) in [6.45, 7) is 0. The molecule has 0 atom stereocenters. The van der Waals surface area contributed by atoms with Gasteiger partial charge in [-0.1, -0.05) is 109 Å². The fourth-order valence-electron chi connectivity index (χ4n) is 7.29. The Balaban J connectivity index is 1.27. The van der Waals surface area contributed by atoms with Gasteiger partial charge in [0.15, 0.2) is 0 Å². The molecule has 0 aliphatic rings. The summed E-state index contributed by atoms with van der Waals surface area (Å²) in [7, 11) is 0. The number of hydrogen-bond acceptors (Lipinski definition) is 3. The van der Waals surface area contributed by atoms with Gasteiger partial charge >= 0.3 is 0 Å². The molecule has 0 saturated heterocycles. The Labute approximate surface area is 262 Å². The van der Waals surface area contributed by atoms with Crippen molar-refractivity contribution in [1.82, 2.24) is 9.97 Å². The summed E-state index contributed by atoms with van der Waals surface area (Å²) in [5.74, 6) is 0. The third-order valence-electron chi connectivity index (χ3n) is 9.27. The van der Waals surface area contributed by atoms with Crippen LogP contribution in [0.15, 0.2) is 146 Å². The summed E-state index contributed by atoms with van der Waals surface area (Å²) in [5.41, 5.74) is 6.48. The molecule has 0 saturated carbocycles. The summed E-state index contributed by atoms with van der Waals surface area (Å²) in [6.07, 6.45) is 1.85. The van der Waals surface area contributed by atoms with E-state index in [1.807, 2.05) is 23.6 Å². The number of fused-ring (bicyclic) bond motifs is 10. The van der Waals surface area contributed by atoms with E-state index in [2.05, 4.69) is 133 Å². The van der Waals surface area contributed by atoms with Crippen molar-refractivity contribution in [3.8, 4) is 22.4 Å². The Morgan fingerprint density at radius 2 is 1.07 bits per heavy atom. The number of benzene rings is 7. The second-order valence-corrected chi connectivity index (χ2v) is 12.8. The number of pyridine rings is 2. The molecule has 45 heavy (non-hydrogen) atoms. The maximum Gasteiger partial charge on any atom is 0.0972 e. The molecule has 10 aromatic rings. The van der Waals surface area contributed by atoms with E-state index in [9.17, 15) is 0 Å². The number of aromatic nitrogens is 2. The van der Waals surface area contributed by atoms with Gasteiger partial charge in [0.25, 0.3) is 0 Å². The van der Waals surface area contributed by atoms with E-state index in [4.69, 9.17) is 9.97 Å². The average Bonchev–Trinajstić information content (AvgIpc) is 3.49. The van der Waals surface area contributed by atoms with Crippen molar-refractivity contribution in [3.05, 3.63) is 146 Å². The zero-order valence-electron chi connectivity index (χ0n) is 24.2. The molecule has 0 unspecified atom stereocenters. The fraction of sp³-hybridized carbons (Fsp3) is 0. The largest absolute Gasteiger partial charge is 0.254 e. The van der Waals surface area contributed by atoms with E-state index in [1.165, 1.54) is 63.6 Å². The van der Waals surface area contributed by atoms with Crippen LogP contribution in [-0.2, 0) is 0 Å². The van der Waals surface area contributed by atoms with Gasteiger partial charge in [-0.15, -0.1) is 11.3 Å². The molecule has 7 aromatic carbocycles. The summed E-state index contributed by atoms with van der Waals surface area (Å²) < 4.78 is 2.67. The third-order valence-corrected chi connectivity index (χ3v) is 10.4. The van der Waals surface area contributed by atoms with E-state index in [0.717, 1.165) is 33.1 Å². The highest BCUT2D eigenvalue weighted by molar-refractivity contribution is 7.26. The van der Waals surface area contributed by atoms with Crippen LogP contribution in [-0.4, -0.2) is 9.97 Å². The second kappa shape index (κ2) is 9.43. The van der Waals surface area contributed by atoms with E-state index in [1.54, 1.807) is 0 Å². The lowest BCUT2D eigenvalue weighted by molar-refractivity contribution is 1.38. The number of thiophene rings is 1. The molecule has 3 heteroatoms. The van der Waals surface area contributed by atoms with Crippen molar-refractivity contribution < 1.29 is 0 Å². The lowest BCUT2D eigenvalue weighted by atomic mass is 9.86. The highest BCUT2D eigenvalue weighted by atomic mass is 32.1. The highest BCUT2D eigenvalue weighted by Gasteiger charge is 2.19. The molecule has 0 radical (unpaired) electrons. The first kappa shape index (κ1) is 24.8. The van der Waals surface area contributed by atoms with Gasteiger partial charge in [-0.2, -0.15) is 0 Å². The normalized spacial score (nSPS) is 12.0. The molecule has 2 nitrogen and oxygen atoms in total. The van der Waals surface area contributed by atoms with Gasteiger partial charge in [0.05, 0.1) is 16.7 Å². The van der Waals surface area contributed by atoms with Gasteiger partial charge in [-0.05, 0) is 73.8 Å². The molecule has 3 aromatic heterocycles. The van der Waals surface area contributed by atoms with E-state index < -0.39 is 0 Å². The van der Waals surface area contributed by atoms with Gasteiger partial charge < -0.3 is 0 Å². The van der Waals surface area contributed by atoms with Crippen LogP contribution in [0.25, 0.3) is 96.7 Å². The molecule has 0 aliphatic carbocycles. The van der Waals surface area contributed by atoms with Crippen LogP contribution in [0, 0.1) is 0 Å². The maximum absolute atomic E-state index is 5.30. The molecule has 10 rings (SSSR count). The Kier molecular flexibility index (Phi) is 5.19. The van der Waals surface area contributed by atoms with Crippen LogP contribution in [0.3, 0.4) is 0 Å². The Bertz CT molecular complexity index is 2770. The van der Waals surface area contributed by atoms with Crippen LogP contribution < -0.4 is 0 Å². The summed E-state index contributed by atoms with van der Waals surface area (Å²) in [5, 5.41) is 12.3. The van der Waals surface area contributed by atoms with Crippen LogP contribution in [0.5, 0.6) is 0 Å². The maximum atomic E-state index is 5.30. The Morgan fingerprint density at radius 3 is 1.84 bits per heavy atom. The first-order valence-electron chi connectivity index (χ1n) is 15.2. The minimum atomic E-state index is 0.935. The fourth-order valence-corrected chi connectivity index (χ4v) is 8.41. The van der Waals surface area contributed by atoms with E-state index >= 15 is 0 Å².